The maximum atomic E-state index is 13.9. The zero-order chi connectivity index (χ0) is 21.5. The van der Waals surface area contributed by atoms with E-state index in [9.17, 15) is 22.0 Å². The summed E-state index contributed by atoms with van der Waals surface area (Å²) in [5.41, 5.74) is 1.95. The fourth-order valence-corrected chi connectivity index (χ4v) is 5.40. The maximum absolute atomic E-state index is 13.9. The number of nitrogens with zero attached hydrogens (tertiary/aromatic N) is 3. The number of nitrogens with one attached hydrogen (secondary N) is 1. The molecule has 1 aromatic carbocycles. The number of halogens is 2. The molecule has 1 saturated heterocycles. The maximum Gasteiger partial charge on any atom is 0.270 e. The van der Waals surface area contributed by atoms with Gasteiger partial charge >= 0.3 is 0 Å². The van der Waals surface area contributed by atoms with Gasteiger partial charge in [-0.05, 0) is 31.2 Å². The minimum absolute atomic E-state index is 0.0110. The van der Waals surface area contributed by atoms with Gasteiger partial charge in [0.2, 0.25) is 10.0 Å². The Balaban J connectivity index is 1.45. The molecule has 1 aliphatic rings. The molecule has 0 spiro atoms. The summed E-state index contributed by atoms with van der Waals surface area (Å²) in [5.74, 6) is -2.10. The summed E-state index contributed by atoms with van der Waals surface area (Å²) >= 11 is 1.51. The smallest absolute Gasteiger partial charge is 0.270 e. The number of H-pyrrole nitrogens is 1. The largest absolute Gasteiger partial charge is 0.357 e. The number of hydrogen-bond donors (Lipinski definition) is 1. The Hall–Kier alpha value is -2.63. The second-order valence-corrected chi connectivity index (χ2v) is 9.79. The van der Waals surface area contributed by atoms with Crippen molar-refractivity contribution in [3.63, 3.8) is 0 Å². The number of thiazole rings is 1. The van der Waals surface area contributed by atoms with Gasteiger partial charge < -0.3 is 9.88 Å². The monoisotopic (exact) mass is 452 g/mol. The van der Waals surface area contributed by atoms with Crippen LogP contribution in [-0.4, -0.2) is 59.7 Å². The molecule has 0 saturated carbocycles. The summed E-state index contributed by atoms with van der Waals surface area (Å²) in [6, 6.07) is 4.03. The van der Waals surface area contributed by atoms with Crippen LogP contribution < -0.4 is 0 Å². The van der Waals surface area contributed by atoms with E-state index in [4.69, 9.17) is 0 Å². The Bertz CT molecular complexity index is 1200. The molecule has 3 aromatic rings. The molecule has 158 valence electrons. The predicted octanol–water partition coefficient (Wildman–Crippen LogP) is 2.87. The van der Waals surface area contributed by atoms with E-state index in [0.29, 0.717) is 11.8 Å². The SMILES string of the molecule is Cc1nc(-c2c[nH]c(C(=O)N3CCN(S(=O)(=O)c4cc(F)ccc4F)CC3)c2)cs1. The molecule has 2 aromatic heterocycles. The van der Waals surface area contributed by atoms with Gasteiger partial charge in [-0.2, -0.15) is 4.31 Å². The van der Waals surface area contributed by atoms with Crippen molar-refractivity contribution in [2.24, 2.45) is 0 Å². The van der Waals surface area contributed by atoms with Crippen LogP contribution in [0.1, 0.15) is 15.5 Å². The third-order valence-electron chi connectivity index (χ3n) is 4.87. The number of sulfonamides is 1. The Morgan fingerprint density at radius 3 is 2.57 bits per heavy atom. The number of aryl methyl sites for hydroxylation is 1. The number of aromatic amines is 1. The molecule has 0 unspecified atom stereocenters. The predicted molar refractivity (Wildman–Crippen MR) is 108 cm³/mol. The lowest BCUT2D eigenvalue weighted by molar-refractivity contribution is 0.0692. The van der Waals surface area contributed by atoms with Gasteiger partial charge in [-0.25, -0.2) is 22.2 Å². The van der Waals surface area contributed by atoms with Crippen LogP contribution in [0.25, 0.3) is 11.3 Å². The molecule has 4 rings (SSSR count). The zero-order valence-electron chi connectivity index (χ0n) is 15.9. The summed E-state index contributed by atoms with van der Waals surface area (Å²) in [6.45, 7) is 2.15. The molecule has 1 N–H and O–H groups in total. The minimum atomic E-state index is -4.19. The number of rotatable bonds is 4. The van der Waals surface area contributed by atoms with Crippen LogP contribution in [0, 0.1) is 18.6 Å². The lowest BCUT2D eigenvalue weighted by atomic mass is 10.2. The summed E-state index contributed by atoms with van der Waals surface area (Å²) in [7, 11) is -4.19. The van der Waals surface area contributed by atoms with Crippen LogP contribution in [0.3, 0.4) is 0 Å². The van der Waals surface area contributed by atoms with E-state index in [1.807, 2.05) is 12.3 Å². The van der Waals surface area contributed by atoms with E-state index in [1.54, 1.807) is 12.3 Å². The average molecular weight is 453 g/mol. The number of benzene rings is 1. The Labute approximate surface area is 176 Å². The van der Waals surface area contributed by atoms with Crippen molar-refractivity contribution < 1.29 is 22.0 Å². The van der Waals surface area contributed by atoms with Gasteiger partial charge in [0.1, 0.15) is 22.2 Å². The number of aromatic nitrogens is 2. The molecular formula is C19H18F2N4O3S2. The Morgan fingerprint density at radius 2 is 1.90 bits per heavy atom. The van der Waals surface area contributed by atoms with Crippen molar-refractivity contribution in [1.29, 1.82) is 0 Å². The summed E-state index contributed by atoms with van der Waals surface area (Å²) in [5, 5.41) is 2.83. The van der Waals surface area contributed by atoms with Crippen molar-refractivity contribution in [3.8, 4) is 11.3 Å². The number of amides is 1. The zero-order valence-corrected chi connectivity index (χ0v) is 17.6. The van der Waals surface area contributed by atoms with Gasteiger partial charge in [0, 0.05) is 43.3 Å². The molecule has 1 amide bonds. The topological polar surface area (TPSA) is 86.4 Å². The molecule has 0 bridgehead atoms. The molecule has 11 heteroatoms. The van der Waals surface area contributed by atoms with Crippen LogP contribution in [0.15, 0.2) is 40.7 Å². The molecule has 7 nitrogen and oxygen atoms in total. The van der Waals surface area contributed by atoms with Gasteiger partial charge in [-0.1, -0.05) is 0 Å². The van der Waals surface area contributed by atoms with E-state index in [2.05, 4.69) is 9.97 Å². The van der Waals surface area contributed by atoms with Crippen molar-refractivity contribution >= 4 is 27.3 Å². The normalized spacial score (nSPS) is 15.5. The van der Waals surface area contributed by atoms with E-state index < -0.39 is 26.6 Å². The first-order valence-electron chi connectivity index (χ1n) is 9.11. The van der Waals surface area contributed by atoms with Crippen LogP contribution in [0.4, 0.5) is 8.78 Å². The molecule has 3 heterocycles. The molecule has 0 radical (unpaired) electrons. The van der Waals surface area contributed by atoms with Gasteiger partial charge in [-0.15, -0.1) is 11.3 Å². The molecule has 0 atom stereocenters. The summed E-state index contributed by atoms with van der Waals surface area (Å²) in [4.78, 5) is 20.9. The summed E-state index contributed by atoms with van der Waals surface area (Å²) < 4.78 is 53.8. The first-order valence-corrected chi connectivity index (χ1v) is 11.4. The third kappa shape index (κ3) is 3.87. The van der Waals surface area contributed by atoms with Gasteiger partial charge in [0.15, 0.2) is 0 Å². The van der Waals surface area contributed by atoms with Gasteiger partial charge in [-0.3, -0.25) is 4.79 Å². The van der Waals surface area contributed by atoms with Crippen molar-refractivity contribution in [2.45, 2.75) is 11.8 Å². The van der Waals surface area contributed by atoms with Crippen LogP contribution in [-0.2, 0) is 10.0 Å². The number of piperazine rings is 1. The Morgan fingerprint density at radius 1 is 1.17 bits per heavy atom. The molecule has 1 aliphatic heterocycles. The fourth-order valence-electron chi connectivity index (χ4n) is 3.28. The first kappa shape index (κ1) is 20.6. The first-order chi connectivity index (χ1) is 14.3. The van der Waals surface area contributed by atoms with Crippen molar-refractivity contribution in [1.82, 2.24) is 19.2 Å². The molecule has 0 aliphatic carbocycles. The highest BCUT2D eigenvalue weighted by Gasteiger charge is 2.32. The van der Waals surface area contributed by atoms with Crippen LogP contribution in [0.5, 0.6) is 0 Å². The van der Waals surface area contributed by atoms with E-state index >= 15 is 0 Å². The highest BCUT2D eigenvalue weighted by molar-refractivity contribution is 7.89. The van der Waals surface area contributed by atoms with Crippen LogP contribution in [0.2, 0.25) is 0 Å². The highest BCUT2D eigenvalue weighted by atomic mass is 32.2. The number of hydrogen-bond acceptors (Lipinski definition) is 5. The Kier molecular flexibility index (Phi) is 5.43. The number of carbonyl (C=O) groups is 1. The molecular weight excluding hydrogens is 434 g/mol. The van der Waals surface area contributed by atoms with Crippen molar-refractivity contribution in [2.75, 3.05) is 26.2 Å². The average Bonchev–Trinajstić information content (AvgIpc) is 3.38. The number of carbonyl (C=O) groups excluding carboxylic acids is 1. The van der Waals surface area contributed by atoms with E-state index in [-0.39, 0.29) is 32.1 Å². The van der Waals surface area contributed by atoms with Crippen LogP contribution >= 0.6 is 11.3 Å². The van der Waals surface area contributed by atoms with E-state index in [0.717, 1.165) is 32.7 Å². The van der Waals surface area contributed by atoms with Gasteiger partial charge in [0.25, 0.3) is 5.91 Å². The minimum Gasteiger partial charge on any atom is -0.357 e. The standard InChI is InChI=1S/C19H18F2N4O3S2/c1-12-23-17(11-29-12)13-8-16(22-10-13)19(26)24-4-6-25(7-5-24)30(27,28)18-9-14(20)2-3-15(18)21/h2-3,8-11,22H,4-7H2,1H3. The van der Waals surface area contributed by atoms with Crippen molar-refractivity contribution in [3.05, 3.63) is 58.2 Å². The fraction of sp³-hybridized carbons (Fsp3) is 0.263. The van der Waals surface area contributed by atoms with Gasteiger partial charge in [0.05, 0.1) is 10.7 Å². The second-order valence-electron chi connectivity index (χ2n) is 6.82. The lowest BCUT2D eigenvalue weighted by Gasteiger charge is -2.33. The summed E-state index contributed by atoms with van der Waals surface area (Å²) in [6.07, 6.45) is 1.70. The quantitative estimate of drug-likeness (QED) is 0.660. The molecule has 30 heavy (non-hydrogen) atoms. The highest BCUT2D eigenvalue weighted by Crippen LogP contribution is 2.24. The third-order valence-corrected chi connectivity index (χ3v) is 7.55. The van der Waals surface area contributed by atoms with E-state index in [1.165, 1.54) is 16.2 Å². The lowest BCUT2D eigenvalue weighted by Crippen LogP contribution is -2.50. The molecule has 1 fully saturated rings. The second kappa shape index (κ2) is 7.89.